The normalized spacial score (nSPS) is 24.2. The van der Waals surface area contributed by atoms with Crippen molar-refractivity contribution in [1.82, 2.24) is 5.32 Å². The highest BCUT2D eigenvalue weighted by Gasteiger charge is 2.64. The lowest BCUT2D eigenvalue weighted by Gasteiger charge is -2.23. The predicted octanol–water partition coefficient (Wildman–Crippen LogP) is 2.83. The number of methoxy groups -OCH3 is 1. The van der Waals surface area contributed by atoms with Crippen molar-refractivity contribution in [3.8, 4) is 0 Å². The summed E-state index contributed by atoms with van der Waals surface area (Å²) in [5.74, 6) is 0. The summed E-state index contributed by atoms with van der Waals surface area (Å²) in [6, 6.07) is 0.651. The SMILES string of the molecule is COC(C)(C)CCNC1C(C)(C)C1(C)C. The molecule has 0 heterocycles. The zero-order valence-electron chi connectivity index (χ0n) is 11.4. The van der Waals surface area contributed by atoms with Crippen LogP contribution in [0, 0.1) is 10.8 Å². The molecule has 1 fully saturated rings. The third kappa shape index (κ3) is 2.36. The van der Waals surface area contributed by atoms with Gasteiger partial charge in [0, 0.05) is 13.2 Å². The van der Waals surface area contributed by atoms with Crippen LogP contribution in [0.3, 0.4) is 0 Å². The summed E-state index contributed by atoms with van der Waals surface area (Å²) in [6.45, 7) is 14.7. The molecule has 1 saturated carbocycles. The van der Waals surface area contributed by atoms with Gasteiger partial charge in [0.2, 0.25) is 0 Å². The summed E-state index contributed by atoms with van der Waals surface area (Å²) >= 11 is 0. The lowest BCUT2D eigenvalue weighted by molar-refractivity contribution is 0.0156. The molecule has 0 aromatic carbocycles. The van der Waals surface area contributed by atoms with E-state index >= 15 is 0 Å². The molecule has 1 aliphatic rings. The van der Waals surface area contributed by atoms with Crippen LogP contribution in [0.5, 0.6) is 0 Å². The smallest absolute Gasteiger partial charge is 0.0634 e. The van der Waals surface area contributed by atoms with E-state index in [1.807, 2.05) is 0 Å². The van der Waals surface area contributed by atoms with Crippen molar-refractivity contribution in [3.63, 3.8) is 0 Å². The molecule has 90 valence electrons. The third-order valence-corrected chi connectivity index (χ3v) is 4.65. The van der Waals surface area contributed by atoms with Gasteiger partial charge >= 0.3 is 0 Å². The van der Waals surface area contributed by atoms with E-state index in [0.29, 0.717) is 16.9 Å². The van der Waals surface area contributed by atoms with Crippen molar-refractivity contribution in [2.24, 2.45) is 10.8 Å². The predicted molar refractivity (Wildman–Crippen MR) is 65.1 cm³/mol. The molecule has 0 radical (unpaired) electrons. The average molecular weight is 213 g/mol. The standard InChI is InChI=1S/C13H27NO/c1-11(2,15-7)8-9-14-10-12(3,4)13(10,5)6/h10,14H,8-9H2,1-7H3. The van der Waals surface area contributed by atoms with Crippen LogP contribution in [0.4, 0.5) is 0 Å². The van der Waals surface area contributed by atoms with E-state index in [1.54, 1.807) is 7.11 Å². The maximum atomic E-state index is 5.40. The molecule has 1 N–H and O–H groups in total. The summed E-state index contributed by atoms with van der Waals surface area (Å²) in [5.41, 5.74) is 0.866. The molecule has 1 aliphatic carbocycles. The second-order valence-electron chi connectivity index (χ2n) is 6.54. The Morgan fingerprint density at radius 2 is 1.60 bits per heavy atom. The lowest BCUT2D eigenvalue weighted by Crippen LogP contribution is -2.31. The van der Waals surface area contributed by atoms with Crippen LogP contribution in [0.25, 0.3) is 0 Å². The first-order valence-corrected chi connectivity index (χ1v) is 5.94. The molecule has 1 rings (SSSR count). The minimum atomic E-state index is -0.00379. The molecule has 0 aromatic heterocycles. The maximum Gasteiger partial charge on any atom is 0.0634 e. The van der Waals surface area contributed by atoms with Crippen LogP contribution >= 0.6 is 0 Å². The maximum absolute atomic E-state index is 5.40. The van der Waals surface area contributed by atoms with Crippen LogP contribution < -0.4 is 5.32 Å². The largest absolute Gasteiger partial charge is 0.379 e. The number of hydrogen-bond donors (Lipinski definition) is 1. The van der Waals surface area contributed by atoms with E-state index in [9.17, 15) is 0 Å². The van der Waals surface area contributed by atoms with Gasteiger partial charge in [0.15, 0.2) is 0 Å². The lowest BCUT2D eigenvalue weighted by atomic mass is 10.0. The first kappa shape index (κ1) is 13.0. The molecule has 0 aliphatic heterocycles. The number of ether oxygens (including phenoxy) is 1. The Kier molecular flexibility index (Phi) is 3.24. The Bertz CT molecular complexity index is 217. The van der Waals surface area contributed by atoms with Crippen LogP contribution in [-0.2, 0) is 4.74 Å². The molecule has 0 bridgehead atoms. The van der Waals surface area contributed by atoms with E-state index in [-0.39, 0.29) is 5.60 Å². The van der Waals surface area contributed by atoms with Crippen LogP contribution in [0.1, 0.15) is 48.0 Å². The fraction of sp³-hybridized carbons (Fsp3) is 1.00. The molecule has 2 nitrogen and oxygen atoms in total. The first-order valence-electron chi connectivity index (χ1n) is 5.94. The van der Waals surface area contributed by atoms with Gasteiger partial charge in [-0.15, -0.1) is 0 Å². The monoisotopic (exact) mass is 213 g/mol. The van der Waals surface area contributed by atoms with Gasteiger partial charge in [0.1, 0.15) is 0 Å². The number of nitrogens with one attached hydrogen (secondary N) is 1. The van der Waals surface area contributed by atoms with Crippen LogP contribution in [0.2, 0.25) is 0 Å². The fourth-order valence-corrected chi connectivity index (χ4v) is 2.33. The Morgan fingerprint density at radius 3 is 1.93 bits per heavy atom. The fourth-order valence-electron chi connectivity index (χ4n) is 2.33. The molecule has 0 atom stereocenters. The number of rotatable bonds is 5. The highest BCUT2D eigenvalue weighted by atomic mass is 16.5. The summed E-state index contributed by atoms with van der Waals surface area (Å²) in [5, 5.41) is 3.65. The average Bonchev–Trinajstić information content (AvgIpc) is 2.47. The summed E-state index contributed by atoms with van der Waals surface area (Å²) in [6.07, 6.45) is 1.06. The summed E-state index contributed by atoms with van der Waals surface area (Å²) in [7, 11) is 1.78. The second kappa shape index (κ2) is 3.74. The van der Waals surface area contributed by atoms with Gasteiger partial charge in [-0.3, -0.25) is 0 Å². The van der Waals surface area contributed by atoms with E-state index in [1.165, 1.54) is 0 Å². The molecule has 0 spiro atoms. The summed E-state index contributed by atoms with van der Waals surface area (Å²) in [4.78, 5) is 0. The topological polar surface area (TPSA) is 21.3 Å². The Hall–Kier alpha value is -0.0800. The zero-order chi connectivity index (χ0) is 11.9. The quantitative estimate of drug-likeness (QED) is 0.758. The second-order valence-corrected chi connectivity index (χ2v) is 6.54. The van der Waals surface area contributed by atoms with Gasteiger partial charge in [-0.2, -0.15) is 0 Å². The molecule has 0 unspecified atom stereocenters. The first-order chi connectivity index (χ1) is 6.65. The minimum Gasteiger partial charge on any atom is -0.379 e. The van der Waals surface area contributed by atoms with Crippen molar-refractivity contribution < 1.29 is 4.74 Å². The van der Waals surface area contributed by atoms with Gasteiger partial charge in [0.05, 0.1) is 5.60 Å². The van der Waals surface area contributed by atoms with Crippen LogP contribution in [0.15, 0.2) is 0 Å². The van der Waals surface area contributed by atoms with Crippen molar-refractivity contribution in [2.75, 3.05) is 13.7 Å². The minimum absolute atomic E-state index is 0.00379. The molecular formula is C13H27NO. The van der Waals surface area contributed by atoms with Gasteiger partial charge in [0.25, 0.3) is 0 Å². The summed E-state index contributed by atoms with van der Waals surface area (Å²) < 4.78 is 5.40. The van der Waals surface area contributed by atoms with Gasteiger partial charge < -0.3 is 10.1 Å². The van der Waals surface area contributed by atoms with Crippen molar-refractivity contribution in [1.29, 1.82) is 0 Å². The Balaban J connectivity index is 2.30. The Morgan fingerprint density at radius 1 is 1.13 bits per heavy atom. The van der Waals surface area contributed by atoms with Crippen molar-refractivity contribution in [2.45, 2.75) is 59.6 Å². The number of hydrogen-bond acceptors (Lipinski definition) is 2. The molecular weight excluding hydrogens is 186 g/mol. The molecule has 0 saturated heterocycles. The third-order valence-electron chi connectivity index (χ3n) is 4.65. The van der Waals surface area contributed by atoms with Crippen LogP contribution in [-0.4, -0.2) is 25.3 Å². The van der Waals surface area contributed by atoms with Gasteiger partial charge in [-0.25, -0.2) is 0 Å². The highest BCUT2D eigenvalue weighted by molar-refractivity contribution is 5.17. The highest BCUT2D eigenvalue weighted by Crippen LogP contribution is 2.62. The molecule has 2 heteroatoms. The van der Waals surface area contributed by atoms with Crippen molar-refractivity contribution >= 4 is 0 Å². The molecule has 0 amide bonds. The molecule has 0 aromatic rings. The van der Waals surface area contributed by atoms with E-state index < -0.39 is 0 Å². The van der Waals surface area contributed by atoms with E-state index in [4.69, 9.17) is 4.74 Å². The van der Waals surface area contributed by atoms with E-state index in [0.717, 1.165) is 13.0 Å². The zero-order valence-corrected chi connectivity index (χ0v) is 11.4. The van der Waals surface area contributed by atoms with Crippen molar-refractivity contribution in [3.05, 3.63) is 0 Å². The van der Waals surface area contributed by atoms with Gasteiger partial charge in [-0.1, -0.05) is 27.7 Å². The molecule has 15 heavy (non-hydrogen) atoms. The van der Waals surface area contributed by atoms with Gasteiger partial charge in [-0.05, 0) is 37.6 Å². The Labute approximate surface area is 94.8 Å². The van der Waals surface area contributed by atoms with E-state index in [2.05, 4.69) is 46.9 Å².